The Morgan fingerprint density at radius 3 is 2.27 bits per heavy atom. The van der Waals surface area contributed by atoms with Crippen molar-refractivity contribution in [3.05, 3.63) is 110 Å². The van der Waals surface area contributed by atoms with E-state index in [0.717, 1.165) is 12.8 Å². The van der Waals surface area contributed by atoms with Crippen molar-refractivity contribution in [2.45, 2.75) is 18.3 Å². The number of hydrogen-bond acceptors (Lipinski definition) is 0. The van der Waals surface area contributed by atoms with Crippen LogP contribution in [0.5, 0.6) is 0 Å². The van der Waals surface area contributed by atoms with Gasteiger partial charge in [0, 0.05) is 3.57 Å². The lowest BCUT2D eigenvalue weighted by molar-refractivity contribution is 0.780. The molecule has 6 rings (SSSR count). The van der Waals surface area contributed by atoms with E-state index in [-0.39, 0.29) is 5.41 Å². The number of fused-ring (bicyclic) bond motifs is 9. The monoisotopic (exact) mass is 444 g/mol. The van der Waals surface area contributed by atoms with Gasteiger partial charge in [0.25, 0.3) is 0 Å². The summed E-state index contributed by atoms with van der Waals surface area (Å²) in [5.41, 5.74) is 11.5. The standard InChI is InChI=1S/C25H17I/c26-16-13-14-20-19-9-3-6-12-23(19)25(24(20)15-16)21-10-4-1-7-17(21)18-8-2-5-11-22(18)25/h1,3-7,9-15H,2,8H2. The number of benzene rings is 3. The molecule has 1 atom stereocenters. The van der Waals surface area contributed by atoms with Crippen molar-refractivity contribution in [3.63, 3.8) is 0 Å². The molecular formula is C25H17I. The van der Waals surface area contributed by atoms with Crippen molar-refractivity contribution >= 4 is 28.2 Å². The van der Waals surface area contributed by atoms with E-state index < -0.39 is 0 Å². The smallest absolute Gasteiger partial charge is 0.0722 e. The largest absolute Gasteiger partial charge is 0.0839 e. The number of halogens is 1. The first-order valence-corrected chi connectivity index (χ1v) is 10.3. The van der Waals surface area contributed by atoms with Crippen LogP contribution >= 0.6 is 22.6 Å². The lowest BCUT2D eigenvalue weighted by Gasteiger charge is -2.32. The van der Waals surface area contributed by atoms with Crippen LogP contribution in [0.2, 0.25) is 0 Å². The molecule has 0 saturated carbocycles. The Morgan fingerprint density at radius 2 is 1.42 bits per heavy atom. The van der Waals surface area contributed by atoms with Crippen LogP contribution in [0.1, 0.15) is 35.1 Å². The highest BCUT2D eigenvalue weighted by molar-refractivity contribution is 14.1. The zero-order chi connectivity index (χ0) is 17.3. The van der Waals surface area contributed by atoms with E-state index in [2.05, 4.69) is 101 Å². The van der Waals surface area contributed by atoms with Crippen LogP contribution in [0, 0.1) is 3.57 Å². The van der Waals surface area contributed by atoms with E-state index in [1.165, 1.54) is 42.5 Å². The normalized spacial score (nSPS) is 21.6. The minimum Gasteiger partial charge on any atom is -0.0839 e. The van der Waals surface area contributed by atoms with Crippen LogP contribution in [0.15, 0.2) is 84.5 Å². The van der Waals surface area contributed by atoms with Crippen LogP contribution < -0.4 is 0 Å². The molecule has 0 aromatic heterocycles. The van der Waals surface area contributed by atoms with Crippen molar-refractivity contribution in [1.29, 1.82) is 0 Å². The fraction of sp³-hybridized carbons (Fsp3) is 0.120. The quantitative estimate of drug-likeness (QED) is 0.338. The summed E-state index contributed by atoms with van der Waals surface area (Å²) in [6.07, 6.45) is 7.06. The molecule has 3 aliphatic carbocycles. The van der Waals surface area contributed by atoms with E-state index in [1.54, 1.807) is 5.57 Å². The van der Waals surface area contributed by atoms with E-state index >= 15 is 0 Å². The number of rotatable bonds is 0. The van der Waals surface area contributed by atoms with E-state index in [1.807, 2.05) is 0 Å². The van der Waals surface area contributed by atoms with Crippen LogP contribution in [0.4, 0.5) is 0 Å². The summed E-state index contributed by atoms with van der Waals surface area (Å²) in [4.78, 5) is 0. The maximum atomic E-state index is 2.46. The van der Waals surface area contributed by atoms with Gasteiger partial charge in [0.15, 0.2) is 0 Å². The predicted octanol–water partition coefficient (Wildman–Crippen LogP) is 6.72. The van der Waals surface area contributed by atoms with Gasteiger partial charge in [-0.2, -0.15) is 0 Å². The van der Waals surface area contributed by atoms with E-state index in [9.17, 15) is 0 Å². The summed E-state index contributed by atoms with van der Waals surface area (Å²) < 4.78 is 1.31. The third-order valence-corrected chi connectivity index (χ3v) is 6.91. The minimum absolute atomic E-state index is 0.143. The third kappa shape index (κ3) is 1.65. The van der Waals surface area contributed by atoms with Crippen molar-refractivity contribution in [3.8, 4) is 11.1 Å². The van der Waals surface area contributed by atoms with Gasteiger partial charge in [0.1, 0.15) is 0 Å². The summed E-state index contributed by atoms with van der Waals surface area (Å²) in [6, 6.07) is 25.1. The Kier molecular flexibility index (Phi) is 3.00. The molecule has 124 valence electrons. The summed E-state index contributed by atoms with van der Waals surface area (Å²) in [5.74, 6) is 0. The molecule has 0 heterocycles. The molecule has 0 fully saturated rings. The van der Waals surface area contributed by atoms with Crippen molar-refractivity contribution < 1.29 is 0 Å². The van der Waals surface area contributed by atoms with Gasteiger partial charge >= 0.3 is 0 Å². The Balaban J connectivity index is 1.84. The molecule has 3 aromatic rings. The molecule has 3 aromatic carbocycles. The summed E-state index contributed by atoms with van der Waals surface area (Å²) in [5, 5.41) is 0. The molecule has 1 unspecified atom stereocenters. The van der Waals surface area contributed by atoms with Gasteiger partial charge in [-0.1, -0.05) is 66.7 Å². The maximum absolute atomic E-state index is 2.46. The van der Waals surface area contributed by atoms with E-state index in [0.29, 0.717) is 0 Å². The highest BCUT2D eigenvalue weighted by Crippen LogP contribution is 2.63. The highest BCUT2D eigenvalue weighted by atomic mass is 127. The average Bonchev–Trinajstić information content (AvgIpc) is 3.15. The van der Waals surface area contributed by atoms with Gasteiger partial charge in [0.05, 0.1) is 5.41 Å². The van der Waals surface area contributed by atoms with Crippen LogP contribution in [0.3, 0.4) is 0 Å². The second kappa shape index (κ2) is 5.20. The lowest BCUT2D eigenvalue weighted by atomic mass is 9.69. The SMILES string of the molecule is Ic1ccc2c(c1)C1(C3=C(CCC=C3)c3ccccc31)c1ccccc1-2. The minimum atomic E-state index is -0.143. The van der Waals surface area contributed by atoms with Gasteiger partial charge in [-0.25, -0.2) is 0 Å². The fourth-order valence-electron chi connectivity index (χ4n) is 5.35. The van der Waals surface area contributed by atoms with Crippen molar-refractivity contribution in [2.75, 3.05) is 0 Å². The molecule has 0 aliphatic heterocycles. The van der Waals surface area contributed by atoms with Crippen LogP contribution in [0.25, 0.3) is 16.7 Å². The molecule has 3 aliphatic rings. The van der Waals surface area contributed by atoms with Crippen molar-refractivity contribution in [2.24, 2.45) is 0 Å². The molecule has 26 heavy (non-hydrogen) atoms. The maximum Gasteiger partial charge on any atom is 0.0722 e. The molecule has 0 saturated heterocycles. The van der Waals surface area contributed by atoms with E-state index in [4.69, 9.17) is 0 Å². The summed E-state index contributed by atoms with van der Waals surface area (Å²) in [7, 11) is 0. The molecule has 0 radical (unpaired) electrons. The fourth-order valence-corrected chi connectivity index (χ4v) is 5.84. The topological polar surface area (TPSA) is 0 Å². The average molecular weight is 444 g/mol. The van der Waals surface area contributed by atoms with Gasteiger partial charge in [-0.15, -0.1) is 0 Å². The van der Waals surface area contributed by atoms with Gasteiger partial charge in [-0.3, -0.25) is 0 Å². The zero-order valence-corrected chi connectivity index (χ0v) is 16.5. The molecule has 1 heteroatoms. The second-order valence-corrected chi connectivity index (χ2v) is 8.61. The molecule has 0 nitrogen and oxygen atoms in total. The van der Waals surface area contributed by atoms with Gasteiger partial charge in [-0.05, 0) is 92.1 Å². The first kappa shape index (κ1) is 15.0. The Bertz CT molecular complexity index is 1150. The molecule has 0 N–H and O–H groups in total. The van der Waals surface area contributed by atoms with Crippen LogP contribution in [-0.4, -0.2) is 0 Å². The predicted molar refractivity (Wildman–Crippen MR) is 116 cm³/mol. The van der Waals surface area contributed by atoms with Gasteiger partial charge in [0.2, 0.25) is 0 Å². The number of hydrogen-bond donors (Lipinski definition) is 0. The molecule has 0 bridgehead atoms. The molecule has 1 spiro atoms. The highest BCUT2D eigenvalue weighted by Gasteiger charge is 2.52. The second-order valence-electron chi connectivity index (χ2n) is 7.36. The Hall–Kier alpha value is -2.13. The lowest BCUT2D eigenvalue weighted by Crippen LogP contribution is -2.27. The Morgan fingerprint density at radius 1 is 0.731 bits per heavy atom. The third-order valence-electron chi connectivity index (χ3n) is 6.24. The Labute approximate surface area is 167 Å². The summed E-state index contributed by atoms with van der Waals surface area (Å²) in [6.45, 7) is 0. The first-order valence-electron chi connectivity index (χ1n) is 9.22. The van der Waals surface area contributed by atoms with Crippen molar-refractivity contribution in [1.82, 2.24) is 0 Å². The molecular weight excluding hydrogens is 427 g/mol. The molecule has 0 amide bonds. The van der Waals surface area contributed by atoms with Crippen LogP contribution in [-0.2, 0) is 5.41 Å². The summed E-state index contributed by atoms with van der Waals surface area (Å²) >= 11 is 2.46. The number of allylic oxidation sites excluding steroid dienone is 4. The zero-order valence-electron chi connectivity index (χ0n) is 14.3. The van der Waals surface area contributed by atoms with Gasteiger partial charge < -0.3 is 0 Å². The first-order chi connectivity index (χ1) is 12.8.